The first-order valence-electron chi connectivity index (χ1n) is 9.09. The van der Waals surface area contributed by atoms with E-state index < -0.39 is 0 Å². The van der Waals surface area contributed by atoms with Crippen LogP contribution in [0.3, 0.4) is 0 Å². The van der Waals surface area contributed by atoms with Crippen LogP contribution in [0.1, 0.15) is 35.2 Å². The standard InChI is InChI=1S/C24H22O3/c1-2-22(20-11-7-4-8-12-20)24(26)27-17-23(25)21-15-13-19(14-16-21)18-9-5-3-6-10-18/h3-16,22H,2,17H2,1H3/t22-/m0/s1. The van der Waals surface area contributed by atoms with Crippen LogP contribution < -0.4 is 0 Å². The van der Waals surface area contributed by atoms with Gasteiger partial charge in [0, 0.05) is 5.56 Å². The Balaban J connectivity index is 1.61. The van der Waals surface area contributed by atoms with Gasteiger partial charge in [-0.15, -0.1) is 0 Å². The molecule has 0 N–H and O–H groups in total. The van der Waals surface area contributed by atoms with Crippen molar-refractivity contribution in [2.45, 2.75) is 19.3 Å². The Morgan fingerprint density at radius 2 is 1.33 bits per heavy atom. The molecule has 0 aliphatic heterocycles. The smallest absolute Gasteiger partial charge is 0.313 e. The van der Waals surface area contributed by atoms with Crippen LogP contribution in [0.2, 0.25) is 0 Å². The van der Waals surface area contributed by atoms with Crippen LogP contribution in [-0.4, -0.2) is 18.4 Å². The first-order chi connectivity index (χ1) is 13.2. The predicted molar refractivity (Wildman–Crippen MR) is 107 cm³/mol. The Bertz CT molecular complexity index is 884. The van der Waals surface area contributed by atoms with Crippen LogP contribution in [0.5, 0.6) is 0 Å². The Morgan fingerprint density at radius 3 is 1.93 bits per heavy atom. The van der Waals surface area contributed by atoms with Crippen molar-refractivity contribution in [1.82, 2.24) is 0 Å². The van der Waals surface area contributed by atoms with Gasteiger partial charge in [-0.2, -0.15) is 0 Å². The first-order valence-corrected chi connectivity index (χ1v) is 9.09. The summed E-state index contributed by atoms with van der Waals surface area (Å²) < 4.78 is 5.29. The summed E-state index contributed by atoms with van der Waals surface area (Å²) in [6.07, 6.45) is 0.628. The average Bonchev–Trinajstić information content (AvgIpc) is 2.74. The molecule has 0 aliphatic carbocycles. The van der Waals surface area contributed by atoms with Gasteiger partial charge in [0.05, 0.1) is 5.92 Å². The number of Topliss-reactive ketones (excluding diaryl/α,β-unsaturated/α-hetero) is 1. The molecule has 0 unspecified atom stereocenters. The van der Waals surface area contributed by atoms with Crippen LogP contribution in [0, 0.1) is 0 Å². The maximum Gasteiger partial charge on any atom is 0.313 e. The Kier molecular flexibility index (Phi) is 6.16. The zero-order chi connectivity index (χ0) is 19.1. The van der Waals surface area contributed by atoms with E-state index in [-0.39, 0.29) is 24.3 Å². The number of ketones is 1. The molecule has 0 bridgehead atoms. The normalized spacial score (nSPS) is 11.6. The van der Waals surface area contributed by atoms with Crippen molar-refractivity contribution in [3.8, 4) is 11.1 Å². The van der Waals surface area contributed by atoms with Gasteiger partial charge in [0.25, 0.3) is 0 Å². The fourth-order valence-electron chi connectivity index (χ4n) is 3.02. The van der Waals surface area contributed by atoms with Gasteiger partial charge in [-0.05, 0) is 23.1 Å². The van der Waals surface area contributed by atoms with E-state index in [0.29, 0.717) is 12.0 Å². The van der Waals surface area contributed by atoms with Crippen molar-refractivity contribution >= 4 is 11.8 Å². The summed E-state index contributed by atoms with van der Waals surface area (Å²) in [5, 5.41) is 0. The van der Waals surface area contributed by atoms with Crippen molar-refractivity contribution < 1.29 is 14.3 Å². The second kappa shape index (κ2) is 8.95. The van der Waals surface area contributed by atoms with Gasteiger partial charge in [0.15, 0.2) is 12.4 Å². The highest BCUT2D eigenvalue weighted by Gasteiger charge is 2.21. The largest absolute Gasteiger partial charge is 0.457 e. The molecule has 136 valence electrons. The van der Waals surface area contributed by atoms with Crippen LogP contribution >= 0.6 is 0 Å². The van der Waals surface area contributed by atoms with Gasteiger partial charge in [-0.3, -0.25) is 9.59 Å². The lowest BCUT2D eigenvalue weighted by Crippen LogP contribution is -2.19. The lowest BCUT2D eigenvalue weighted by atomic mass is 9.97. The fourth-order valence-corrected chi connectivity index (χ4v) is 3.02. The van der Waals surface area contributed by atoms with Crippen molar-refractivity contribution in [1.29, 1.82) is 0 Å². The minimum absolute atomic E-state index is 0.203. The molecule has 0 aromatic heterocycles. The topological polar surface area (TPSA) is 43.4 Å². The molecule has 3 rings (SSSR count). The molecule has 0 fully saturated rings. The maximum atomic E-state index is 12.4. The molecule has 0 spiro atoms. The molecule has 0 saturated heterocycles. The molecule has 27 heavy (non-hydrogen) atoms. The zero-order valence-electron chi connectivity index (χ0n) is 15.3. The van der Waals surface area contributed by atoms with Crippen LogP contribution in [-0.2, 0) is 9.53 Å². The Hall–Kier alpha value is -3.20. The number of rotatable bonds is 7. The number of carbonyl (C=O) groups excluding carboxylic acids is 2. The third-order valence-electron chi connectivity index (χ3n) is 4.55. The number of hydrogen-bond donors (Lipinski definition) is 0. The highest BCUT2D eigenvalue weighted by molar-refractivity contribution is 5.98. The monoisotopic (exact) mass is 358 g/mol. The summed E-state index contributed by atoms with van der Waals surface area (Å²) in [7, 11) is 0. The molecule has 0 amide bonds. The molecule has 0 aliphatic rings. The fraction of sp³-hybridized carbons (Fsp3) is 0.167. The molecule has 0 heterocycles. The van der Waals surface area contributed by atoms with Gasteiger partial charge in [0.2, 0.25) is 0 Å². The van der Waals surface area contributed by atoms with Crippen molar-refractivity contribution in [3.63, 3.8) is 0 Å². The van der Waals surface area contributed by atoms with E-state index in [1.165, 1.54) is 0 Å². The van der Waals surface area contributed by atoms with E-state index in [2.05, 4.69) is 0 Å². The van der Waals surface area contributed by atoms with E-state index in [0.717, 1.165) is 16.7 Å². The zero-order valence-corrected chi connectivity index (χ0v) is 15.3. The molecule has 0 radical (unpaired) electrons. The third kappa shape index (κ3) is 4.70. The summed E-state index contributed by atoms with van der Waals surface area (Å²) in [4.78, 5) is 24.7. The van der Waals surface area contributed by atoms with Crippen molar-refractivity contribution in [3.05, 3.63) is 96.1 Å². The quantitative estimate of drug-likeness (QED) is 0.427. The molecule has 3 nitrogen and oxygen atoms in total. The van der Waals surface area contributed by atoms with Crippen LogP contribution in [0.4, 0.5) is 0 Å². The number of benzene rings is 3. The highest BCUT2D eigenvalue weighted by atomic mass is 16.5. The van der Waals surface area contributed by atoms with Gasteiger partial charge in [-0.25, -0.2) is 0 Å². The summed E-state index contributed by atoms with van der Waals surface area (Å²) in [6, 6.07) is 26.8. The van der Waals surface area contributed by atoms with E-state index in [9.17, 15) is 9.59 Å². The van der Waals surface area contributed by atoms with Crippen molar-refractivity contribution in [2.75, 3.05) is 6.61 Å². The van der Waals surface area contributed by atoms with Crippen LogP contribution in [0.25, 0.3) is 11.1 Å². The minimum atomic E-state index is -0.363. The summed E-state index contributed by atoms with van der Waals surface area (Å²) >= 11 is 0. The maximum absolute atomic E-state index is 12.4. The average molecular weight is 358 g/mol. The van der Waals surface area contributed by atoms with Gasteiger partial charge >= 0.3 is 5.97 Å². The Morgan fingerprint density at radius 1 is 0.778 bits per heavy atom. The molecule has 3 aromatic rings. The van der Waals surface area contributed by atoms with E-state index in [4.69, 9.17) is 4.74 Å². The molecule has 3 heteroatoms. The number of ether oxygens (including phenoxy) is 1. The van der Waals surface area contributed by atoms with Crippen LogP contribution in [0.15, 0.2) is 84.9 Å². The van der Waals surface area contributed by atoms with Crippen molar-refractivity contribution in [2.24, 2.45) is 0 Å². The minimum Gasteiger partial charge on any atom is -0.457 e. The molecular weight excluding hydrogens is 336 g/mol. The molecular formula is C24H22O3. The predicted octanol–water partition coefficient (Wildman–Crippen LogP) is 5.27. The van der Waals surface area contributed by atoms with Gasteiger partial charge in [0.1, 0.15) is 0 Å². The molecule has 3 aromatic carbocycles. The summed E-state index contributed by atoms with van der Waals surface area (Å²) in [5.74, 6) is -0.914. The molecule has 0 saturated carbocycles. The number of hydrogen-bond acceptors (Lipinski definition) is 3. The summed E-state index contributed by atoms with van der Waals surface area (Å²) in [6.45, 7) is 1.69. The van der Waals surface area contributed by atoms with Gasteiger partial charge in [-0.1, -0.05) is 91.9 Å². The lowest BCUT2D eigenvalue weighted by Gasteiger charge is -2.14. The Labute approximate surface area is 159 Å². The SMILES string of the molecule is CC[C@H](C(=O)OCC(=O)c1ccc(-c2ccccc2)cc1)c1ccccc1. The summed E-state index contributed by atoms with van der Waals surface area (Å²) in [5.41, 5.74) is 3.58. The van der Waals surface area contributed by atoms with E-state index in [1.54, 1.807) is 12.1 Å². The van der Waals surface area contributed by atoms with E-state index in [1.807, 2.05) is 79.7 Å². The van der Waals surface area contributed by atoms with Gasteiger partial charge < -0.3 is 4.74 Å². The lowest BCUT2D eigenvalue weighted by molar-refractivity contribution is -0.144. The third-order valence-corrected chi connectivity index (χ3v) is 4.55. The second-order valence-corrected chi connectivity index (χ2v) is 6.35. The molecule has 1 atom stereocenters. The number of esters is 1. The highest BCUT2D eigenvalue weighted by Crippen LogP contribution is 2.22. The van der Waals surface area contributed by atoms with E-state index >= 15 is 0 Å². The number of carbonyl (C=O) groups is 2. The second-order valence-electron chi connectivity index (χ2n) is 6.35. The first kappa shape index (κ1) is 18.6.